The van der Waals surface area contributed by atoms with E-state index < -0.39 is 6.10 Å². The molecule has 0 radical (unpaired) electrons. The Balaban J connectivity index is 2.09. The number of hydrogen-bond donors (Lipinski definition) is 2. The van der Waals surface area contributed by atoms with Crippen molar-refractivity contribution in [2.45, 2.75) is 13.0 Å². The largest absolute Gasteiger partial charge is 0.392 e. The summed E-state index contributed by atoms with van der Waals surface area (Å²) in [4.78, 5) is 11.6. The van der Waals surface area contributed by atoms with E-state index in [1.807, 2.05) is 30.3 Å². The van der Waals surface area contributed by atoms with Gasteiger partial charge in [-0.2, -0.15) is 0 Å². The van der Waals surface area contributed by atoms with Gasteiger partial charge >= 0.3 is 0 Å². The lowest BCUT2D eigenvalue weighted by molar-refractivity contribution is 0.0887. The monoisotopic (exact) mass is 246 g/mol. The summed E-state index contributed by atoms with van der Waals surface area (Å²) in [7, 11) is 0. The Hall–Kier alpha value is -2.14. The fraction of sp³-hybridized carbons (Fsp3) is 0.231. The normalized spacial score (nSPS) is 12.1. The Morgan fingerprint density at radius 2 is 2.17 bits per heavy atom. The van der Waals surface area contributed by atoms with Crippen LogP contribution in [0.15, 0.2) is 40.9 Å². The molecule has 5 nitrogen and oxygen atoms in total. The summed E-state index contributed by atoms with van der Waals surface area (Å²) < 4.78 is 4.97. The zero-order valence-corrected chi connectivity index (χ0v) is 9.96. The predicted octanol–water partition coefficient (Wildman–Crippen LogP) is 1.45. The van der Waals surface area contributed by atoms with Crippen molar-refractivity contribution in [2.24, 2.45) is 0 Å². The second-order valence-electron chi connectivity index (χ2n) is 4.00. The van der Waals surface area contributed by atoms with Gasteiger partial charge in [-0.1, -0.05) is 35.5 Å². The number of aliphatic hydroxyl groups excluding tert-OH is 1. The first-order valence-electron chi connectivity index (χ1n) is 5.65. The van der Waals surface area contributed by atoms with Crippen molar-refractivity contribution in [1.29, 1.82) is 0 Å². The van der Waals surface area contributed by atoms with Crippen LogP contribution in [0, 0.1) is 0 Å². The molecule has 0 aliphatic rings. The third-order valence-corrected chi connectivity index (χ3v) is 2.36. The van der Waals surface area contributed by atoms with E-state index in [1.165, 1.54) is 0 Å². The number of nitrogens with zero attached hydrogens (tertiary/aromatic N) is 1. The fourth-order valence-corrected chi connectivity index (χ4v) is 1.45. The lowest BCUT2D eigenvalue weighted by atomic mass is 10.1. The average molecular weight is 246 g/mol. The molecule has 0 bridgehead atoms. The highest BCUT2D eigenvalue weighted by atomic mass is 16.5. The fourth-order valence-electron chi connectivity index (χ4n) is 1.45. The molecule has 2 aromatic rings. The van der Waals surface area contributed by atoms with Crippen LogP contribution in [0.1, 0.15) is 17.5 Å². The number of carbonyl (C=O) groups excluding carboxylic acids is 1. The van der Waals surface area contributed by atoms with E-state index >= 15 is 0 Å². The first-order valence-corrected chi connectivity index (χ1v) is 5.65. The van der Waals surface area contributed by atoms with E-state index in [0.717, 1.165) is 5.56 Å². The van der Waals surface area contributed by atoms with Crippen LogP contribution in [0.3, 0.4) is 0 Å². The Bertz CT molecular complexity index is 520. The number of nitrogens with one attached hydrogen (secondary N) is 1. The first-order chi connectivity index (χ1) is 8.66. The highest BCUT2D eigenvalue weighted by Crippen LogP contribution is 2.18. The molecule has 1 aromatic carbocycles. The number of hydrogen-bond acceptors (Lipinski definition) is 4. The van der Waals surface area contributed by atoms with Gasteiger partial charge in [0.1, 0.15) is 5.69 Å². The van der Waals surface area contributed by atoms with E-state index in [4.69, 9.17) is 9.63 Å². The van der Waals surface area contributed by atoms with Crippen LogP contribution >= 0.6 is 0 Å². The van der Waals surface area contributed by atoms with Crippen LogP contribution in [0.2, 0.25) is 0 Å². The van der Waals surface area contributed by atoms with Crippen molar-refractivity contribution in [2.75, 3.05) is 6.54 Å². The van der Waals surface area contributed by atoms with Gasteiger partial charge in [0.2, 0.25) is 5.76 Å². The Morgan fingerprint density at radius 1 is 1.44 bits per heavy atom. The van der Waals surface area contributed by atoms with Gasteiger partial charge < -0.3 is 14.9 Å². The van der Waals surface area contributed by atoms with Crippen molar-refractivity contribution in [3.05, 3.63) is 42.2 Å². The number of aliphatic hydroxyl groups is 1. The van der Waals surface area contributed by atoms with Gasteiger partial charge in [-0.25, -0.2) is 0 Å². The number of aromatic nitrogens is 1. The summed E-state index contributed by atoms with van der Waals surface area (Å²) in [5.74, 6) is -0.250. The molecule has 1 heterocycles. The summed E-state index contributed by atoms with van der Waals surface area (Å²) in [5, 5.41) is 15.4. The minimum Gasteiger partial charge on any atom is -0.392 e. The molecule has 1 aromatic heterocycles. The molecule has 18 heavy (non-hydrogen) atoms. The molecule has 1 amide bonds. The summed E-state index contributed by atoms with van der Waals surface area (Å²) >= 11 is 0. The number of carbonyl (C=O) groups is 1. The van der Waals surface area contributed by atoms with Crippen LogP contribution in [0.4, 0.5) is 0 Å². The van der Waals surface area contributed by atoms with E-state index in [-0.39, 0.29) is 18.2 Å². The molecule has 0 spiro atoms. The van der Waals surface area contributed by atoms with Crippen molar-refractivity contribution in [1.82, 2.24) is 10.5 Å². The third kappa shape index (κ3) is 2.95. The SMILES string of the molecule is C[C@@H](O)CNC(=O)c1cc(-c2ccccc2)no1. The van der Waals surface area contributed by atoms with Crippen LogP contribution in [0.5, 0.6) is 0 Å². The number of rotatable bonds is 4. The van der Waals surface area contributed by atoms with E-state index in [9.17, 15) is 4.79 Å². The lowest BCUT2D eigenvalue weighted by Gasteiger charge is -2.03. The number of benzene rings is 1. The van der Waals surface area contributed by atoms with Crippen molar-refractivity contribution >= 4 is 5.91 Å². The van der Waals surface area contributed by atoms with E-state index in [2.05, 4.69) is 10.5 Å². The van der Waals surface area contributed by atoms with Crippen LogP contribution in [-0.2, 0) is 0 Å². The van der Waals surface area contributed by atoms with Crippen LogP contribution < -0.4 is 5.32 Å². The highest BCUT2D eigenvalue weighted by molar-refractivity contribution is 5.92. The Labute approximate surface area is 104 Å². The summed E-state index contributed by atoms with van der Waals surface area (Å²) in [6.45, 7) is 1.77. The van der Waals surface area contributed by atoms with Gasteiger partial charge in [0.15, 0.2) is 0 Å². The zero-order valence-electron chi connectivity index (χ0n) is 9.96. The summed E-state index contributed by atoms with van der Waals surface area (Å²) in [6.07, 6.45) is -0.592. The second kappa shape index (κ2) is 5.46. The Kier molecular flexibility index (Phi) is 3.74. The molecule has 0 aliphatic heterocycles. The molecule has 1 atom stereocenters. The molecular weight excluding hydrogens is 232 g/mol. The van der Waals surface area contributed by atoms with E-state index in [1.54, 1.807) is 13.0 Å². The molecule has 2 N–H and O–H groups in total. The molecular formula is C13H14N2O3. The molecule has 2 rings (SSSR count). The van der Waals surface area contributed by atoms with Crippen LogP contribution in [0.25, 0.3) is 11.3 Å². The summed E-state index contributed by atoms with van der Waals surface area (Å²) in [5.41, 5.74) is 1.49. The number of amides is 1. The molecule has 0 saturated heterocycles. The molecule has 0 saturated carbocycles. The van der Waals surface area contributed by atoms with Gasteiger partial charge in [-0.3, -0.25) is 4.79 Å². The smallest absolute Gasteiger partial charge is 0.290 e. The second-order valence-corrected chi connectivity index (χ2v) is 4.00. The molecule has 0 unspecified atom stereocenters. The molecule has 0 fully saturated rings. The zero-order chi connectivity index (χ0) is 13.0. The predicted molar refractivity (Wildman–Crippen MR) is 66.0 cm³/mol. The summed E-state index contributed by atoms with van der Waals surface area (Å²) in [6, 6.07) is 11.0. The maximum atomic E-state index is 11.6. The van der Waals surface area contributed by atoms with Gasteiger partial charge in [0, 0.05) is 18.2 Å². The minimum atomic E-state index is -0.592. The maximum absolute atomic E-state index is 11.6. The van der Waals surface area contributed by atoms with E-state index in [0.29, 0.717) is 5.69 Å². The lowest BCUT2D eigenvalue weighted by Crippen LogP contribution is -2.30. The molecule has 0 aliphatic carbocycles. The van der Waals surface area contributed by atoms with Crippen molar-refractivity contribution < 1.29 is 14.4 Å². The maximum Gasteiger partial charge on any atom is 0.290 e. The topological polar surface area (TPSA) is 75.4 Å². The first kappa shape index (κ1) is 12.3. The average Bonchev–Trinajstić information content (AvgIpc) is 2.86. The minimum absolute atomic E-state index is 0.134. The van der Waals surface area contributed by atoms with Crippen molar-refractivity contribution in [3.8, 4) is 11.3 Å². The molecule has 94 valence electrons. The van der Waals surface area contributed by atoms with Crippen molar-refractivity contribution in [3.63, 3.8) is 0 Å². The third-order valence-electron chi connectivity index (χ3n) is 2.36. The highest BCUT2D eigenvalue weighted by Gasteiger charge is 2.13. The van der Waals surface area contributed by atoms with Gasteiger partial charge in [0.05, 0.1) is 6.10 Å². The van der Waals surface area contributed by atoms with Gasteiger partial charge in [-0.15, -0.1) is 0 Å². The standard InChI is InChI=1S/C13H14N2O3/c1-9(16)8-14-13(17)12-7-11(15-18-12)10-5-3-2-4-6-10/h2-7,9,16H,8H2,1H3,(H,14,17)/t9-/m1/s1. The van der Waals surface area contributed by atoms with Gasteiger partial charge in [-0.05, 0) is 6.92 Å². The van der Waals surface area contributed by atoms with Crippen LogP contribution in [-0.4, -0.2) is 28.8 Å². The van der Waals surface area contributed by atoms with Gasteiger partial charge in [0.25, 0.3) is 5.91 Å². The Morgan fingerprint density at radius 3 is 2.83 bits per heavy atom. The quantitative estimate of drug-likeness (QED) is 0.856. The molecule has 5 heteroatoms.